The van der Waals surface area contributed by atoms with Gasteiger partial charge in [0.2, 0.25) is 0 Å². The van der Waals surface area contributed by atoms with Crippen LogP contribution in [0.2, 0.25) is 0 Å². The molecule has 3 aromatic rings. The number of imidazole rings is 1. The maximum atomic E-state index is 4.61. The Bertz CT molecular complexity index is 630. The van der Waals surface area contributed by atoms with Crippen LogP contribution in [-0.2, 0) is 5.75 Å². The van der Waals surface area contributed by atoms with Crippen LogP contribution in [-0.4, -0.2) is 19.6 Å². The quantitative estimate of drug-likeness (QED) is 0.681. The fourth-order valence-corrected chi connectivity index (χ4v) is 3.01. The van der Waals surface area contributed by atoms with Crippen molar-refractivity contribution < 1.29 is 0 Å². The second kappa shape index (κ2) is 4.46. The van der Waals surface area contributed by atoms with Crippen LogP contribution in [0.1, 0.15) is 11.3 Å². The lowest BCUT2D eigenvalue weighted by molar-refractivity contribution is 1.01. The summed E-state index contributed by atoms with van der Waals surface area (Å²) in [4.78, 5) is 4.61. The Balaban J connectivity index is 1.84. The van der Waals surface area contributed by atoms with Crippen LogP contribution >= 0.6 is 23.1 Å². The zero-order valence-corrected chi connectivity index (χ0v) is 10.8. The lowest BCUT2D eigenvalue weighted by Crippen LogP contribution is -1.84. The molecule has 3 heterocycles. The van der Waals surface area contributed by atoms with Crippen molar-refractivity contribution in [1.29, 1.82) is 0 Å². The number of thioether (sulfide) groups is 1. The highest BCUT2D eigenvalue weighted by Crippen LogP contribution is 2.23. The molecule has 0 fully saturated rings. The second-order valence-corrected chi connectivity index (χ2v) is 5.70. The molecular weight excluding hydrogens is 252 g/mol. The van der Waals surface area contributed by atoms with Crippen LogP contribution in [0.15, 0.2) is 34.4 Å². The molecule has 4 nitrogen and oxygen atoms in total. The van der Waals surface area contributed by atoms with Crippen LogP contribution < -0.4 is 0 Å². The summed E-state index contributed by atoms with van der Waals surface area (Å²) >= 11 is 3.23. The Kier molecular flexibility index (Phi) is 2.82. The number of rotatable bonds is 3. The summed E-state index contributed by atoms with van der Waals surface area (Å²) < 4.78 is 3.05. The van der Waals surface area contributed by atoms with Gasteiger partial charge in [-0.2, -0.15) is 0 Å². The topological polar surface area (TPSA) is 43.1 Å². The SMILES string of the molecule is Cc1cccn2cc(CSc3nncs3)nc12. The van der Waals surface area contributed by atoms with E-state index in [0.29, 0.717) is 0 Å². The van der Waals surface area contributed by atoms with E-state index >= 15 is 0 Å². The van der Waals surface area contributed by atoms with E-state index in [1.165, 1.54) is 5.56 Å². The first kappa shape index (κ1) is 10.7. The average Bonchev–Trinajstić information content (AvgIpc) is 2.95. The van der Waals surface area contributed by atoms with Crippen molar-refractivity contribution in [1.82, 2.24) is 19.6 Å². The third-order valence-corrected chi connectivity index (χ3v) is 4.31. The minimum absolute atomic E-state index is 0.830. The van der Waals surface area contributed by atoms with Gasteiger partial charge in [-0.05, 0) is 18.6 Å². The third-order valence-electron chi connectivity index (χ3n) is 2.41. The molecule has 6 heteroatoms. The number of hydrogen-bond acceptors (Lipinski definition) is 5. The van der Waals surface area contributed by atoms with Gasteiger partial charge in [-0.3, -0.25) is 0 Å². The van der Waals surface area contributed by atoms with Gasteiger partial charge in [-0.25, -0.2) is 4.98 Å². The maximum Gasteiger partial charge on any atom is 0.174 e. The van der Waals surface area contributed by atoms with Crippen LogP contribution in [0.5, 0.6) is 0 Å². The van der Waals surface area contributed by atoms with Crippen molar-refractivity contribution in [3.8, 4) is 0 Å². The number of nitrogens with zero attached hydrogens (tertiary/aromatic N) is 4. The predicted octanol–water partition coefficient (Wildman–Crippen LogP) is 2.79. The van der Waals surface area contributed by atoms with E-state index in [-0.39, 0.29) is 0 Å². The standard InChI is InChI=1S/C11H10N4S2/c1-8-3-2-4-15-5-9(13-10(8)15)6-16-11-14-12-7-17-11/h2-5,7H,6H2,1H3. The van der Waals surface area contributed by atoms with Crippen molar-refractivity contribution in [2.45, 2.75) is 17.0 Å². The maximum absolute atomic E-state index is 4.61. The highest BCUT2D eigenvalue weighted by molar-refractivity contribution is 8.00. The molecule has 17 heavy (non-hydrogen) atoms. The molecule has 0 radical (unpaired) electrons. The summed E-state index contributed by atoms with van der Waals surface area (Å²) in [5, 5.41) is 7.81. The van der Waals surface area contributed by atoms with Crippen molar-refractivity contribution in [2.75, 3.05) is 0 Å². The average molecular weight is 262 g/mol. The van der Waals surface area contributed by atoms with E-state index in [4.69, 9.17) is 0 Å². The van der Waals surface area contributed by atoms with E-state index in [2.05, 4.69) is 38.8 Å². The van der Waals surface area contributed by atoms with Gasteiger partial charge in [0, 0.05) is 18.1 Å². The van der Waals surface area contributed by atoms with Gasteiger partial charge in [-0.1, -0.05) is 29.2 Å². The van der Waals surface area contributed by atoms with Gasteiger partial charge in [0.1, 0.15) is 11.2 Å². The van der Waals surface area contributed by atoms with Gasteiger partial charge in [0.25, 0.3) is 0 Å². The van der Waals surface area contributed by atoms with E-state index in [1.807, 2.05) is 12.3 Å². The third kappa shape index (κ3) is 2.18. The summed E-state index contributed by atoms with van der Waals surface area (Å²) in [6, 6.07) is 4.11. The molecule has 0 aliphatic carbocycles. The molecule has 0 aliphatic heterocycles. The second-order valence-electron chi connectivity index (χ2n) is 3.65. The molecule has 0 aromatic carbocycles. The van der Waals surface area contributed by atoms with Gasteiger partial charge >= 0.3 is 0 Å². The van der Waals surface area contributed by atoms with E-state index in [1.54, 1.807) is 28.6 Å². The fraction of sp³-hybridized carbons (Fsp3) is 0.182. The first-order valence-electron chi connectivity index (χ1n) is 5.15. The van der Waals surface area contributed by atoms with Gasteiger partial charge in [-0.15, -0.1) is 10.2 Å². The predicted molar refractivity (Wildman–Crippen MR) is 69.4 cm³/mol. The molecule has 0 saturated heterocycles. The van der Waals surface area contributed by atoms with Crippen molar-refractivity contribution in [2.24, 2.45) is 0 Å². The molecule has 0 aliphatic rings. The molecule has 3 aromatic heterocycles. The van der Waals surface area contributed by atoms with Crippen molar-refractivity contribution in [3.63, 3.8) is 0 Å². The zero-order chi connectivity index (χ0) is 11.7. The van der Waals surface area contributed by atoms with Crippen LogP contribution in [0.25, 0.3) is 5.65 Å². The van der Waals surface area contributed by atoms with Crippen LogP contribution in [0.3, 0.4) is 0 Å². The molecule has 0 unspecified atom stereocenters. The van der Waals surface area contributed by atoms with E-state index in [0.717, 1.165) is 21.4 Å². The Morgan fingerprint density at radius 1 is 1.47 bits per heavy atom. The smallest absolute Gasteiger partial charge is 0.174 e. The Labute approximate surface area is 107 Å². The first-order valence-corrected chi connectivity index (χ1v) is 7.01. The summed E-state index contributed by atoms with van der Waals surface area (Å²) in [6.45, 7) is 2.07. The monoisotopic (exact) mass is 262 g/mol. The Morgan fingerprint density at radius 3 is 3.18 bits per heavy atom. The molecule has 0 saturated carbocycles. The normalized spacial score (nSPS) is 11.1. The summed E-state index contributed by atoms with van der Waals surface area (Å²) in [5.41, 5.74) is 5.04. The first-order chi connectivity index (χ1) is 8.33. The van der Waals surface area contributed by atoms with Gasteiger partial charge in [0.15, 0.2) is 4.34 Å². The minimum atomic E-state index is 0.830. The van der Waals surface area contributed by atoms with E-state index in [9.17, 15) is 0 Å². The molecule has 0 bridgehead atoms. The molecule has 0 atom stereocenters. The van der Waals surface area contributed by atoms with E-state index < -0.39 is 0 Å². The van der Waals surface area contributed by atoms with Crippen molar-refractivity contribution >= 4 is 28.7 Å². The van der Waals surface area contributed by atoms with Crippen LogP contribution in [0.4, 0.5) is 0 Å². The lowest BCUT2D eigenvalue weighted by Gasteiger charge is -1.94. The molecule has 0 spiro atoms. The highest BCUT2D eigenvalue weighted by Gasteiger charge is 2.05. The largest absolute Gasteiger partial charge is 0.307 e. The lowest BCUT2D eigenvalue weighted by atomic mass is 10.3. The fourth-order valence-electron chi connectivity index (χ4n) is 1.64. The number of aryl methyl sites for hydroxylation is 1. The van der Waals surface area contributed by atoms with Gasteiger partial charge in [0.05, 0.1) is 5.69 Å². The number of hydrogen-bond donors (Lipinski definition) is 0. The minimum Gasteiger partial charge on any atom is -0.307 e. The molecule has 0 amide bonds. The number of fused-ring (bicyclic) bond motifs is 1. The summed E-state index contributed by atoms with van der Waals surface area (Å²) in [6.07, 6.45) is 4.09. The van der Waals surface area contributed by atoms with Crippen LogP contribution in [0, 0.1) is 6.92 Å². The van der Waals surface area contributed by atoms with Gasteiger partial charge < -0.3 is 4.40 Å². The zero-order valence-electron chi connectivity index (χ0n) is 9.20. The Hall–Kier alpha value is -1.40. The Morgan fingerprint density at radius 2 is 2.41 bits per heavy atom. The van der Waals surface area contributed by atoms with Crippen molar-refractivity contribution in [3.05, 3.63) is 41.3 Å². The highest BCUT2D eigenvalue weighted by atomic mass is 32.2. The number of aromatic nitrogens is 4. The molecular formula is C11H10N4S2. The molecule has 0 N–H and O–H groups in total. The molecule has 3 rings (SSSR count). The summed E-state index contributed by atoms with van der Waals surface area (Å²) in [5.74, 6) is 0.830. The molecule has 86 valence electrons. The number of pyridine rings is 1. The summed E-state index contributed by atoms with van der Waals surface area (Å²) in [7, 11) is 0.